The van der Waals surface area contributed by atoms with Gasteiger partial charge in [0.05, 0.1) is 11.9 Å². The van der Waals surface area contributed by atoms with Crippen molar-refractivity contribution in [3.63, 3.8) is 0 Å². The molecule has 2 rings (SSSR count). The molecule has 0 saturated heterocycles. The highest BCUT2D eigenvalue weighted by molar-refractivity contribution is 6.03. The number of methoxy groups -OCH3 is 1. The van der Waals surface area contributed by atoms with Crippen LogP contribution in [0.25, 0.3) is 0 Å². The van der Waals surface area contributed by atoms with Gasteiger partial charge >= 0.3 is 0 Å². The van der Waals surface area contributed by atoms with Crippen molar-refractivity contribution in [2.45, 2.75) is 20.3 Å². The first-order valence-corrected chi connectivity index (χ1v) is 9.03. The van der Waals surface area contributed by atoms with Gasteiger partial charge in [-0.05, 0) is 56.7 Å². The molecule has 2 aromatic rings. The maximum atomic E-state index is 12.3. The number of ether oxygens (including phenoxy) is 1. The van der Waals surface area contributed by atoms with Crippen molar-refractivity contribution in [3.05, 3.63) is 48.3 Å². The van der Waals surface area contributed by atoms with E-state index in [9.17, 15) is 4.79 Å². The fourth-order valence-corrected chi connectivity index (χ4v) is 2.62. The molecule has 0 radical (unpaired) electrons. The summed E-state index contributed by atoms with van der Waals surface area (Å²) in [5.74, 6) is -0.216. The topological polar surface area (TPSA) is 66.5 Å². The fraction of sp³-hybridized carbons (Fsp3) is 0.400. The normalized spacial score (nSPS) is 10.4. The van der Waals surface area contributed by atoms with Crippen LogP contribution in [0, 0.1) is 0 Å². The Hall–Kier alpha value is -2.60. The number of nitrogens with one attached hydrogen (secondary N) is 2. The summed E-state index contributed by atoms with van der Waals surface area (Å²) in [7, 11) is 1.69. The number of carbonyl (C=O) groups excluding carboxylic acids is 1. The van der Waals surface area contributed by atoms with Gasteiger partial charge in [-0.2, -0.15) is 0 Å². The molecule has 0 bridgehead atoms. The van der Waals surface area contributed by atoms with Gasteiger partial charge in [-0.3, -0.25) is 4.79 Å². The Morgan fingerprint density at radius 3 is 2.35 bits per heavy atom. The molecule has 1 aromatic heterocycles. The fourth-order valence-electron chi connectivity index (χ4n) is 2.62. The largest absolute Gasteiger partial charge is 0.385 e. The maximum Gasteiger partial charge on any atom is 0.274 e. The summed E-state index contributed by atoms with van der Waals surface area (Å²) in [5.41, 5.74) is 3.19. The lowest BCUT2D eigenvalue weighted by Crippen LogP contribution is -2.21. The van der Waals surface area contributed by atoms with Gasteiger partial charge in [-0.25, -0.2) is 4.98 Å². The van der Waals surface area contributed by atoms with E-state index in [0.717, 1.165) is 43.1 Å². The number of hydrogen-bond acceptors (Lipinski definition) is 5. The Balaban J connectivity index is 1.90. The van der Waals surface area contributed by atoms with E-state index in [2.05, 4.69) is 34.4 Å². The molecule has 1 heterocycles. The molecule has 140 valence electrons. The second-order valence-electron chi connectivity index (χ2n) is 5.88. The Morgan fingerprint density at radius 2 is 1.77 bits per heavy atom. The number of anilines is 3. The number of nitrogens with zero attached hydrogens (tertiary/aromatic N) is 2. The van der Waals surface area contributed by atoms with Crippen molar-refractivity contribution in [1.29, 1.82) is 0 Å². The van der Waals surface area contributed by atoms with Crippen LogP contribution in [0.15, 0.2) is 42.6 Å². The zero-order valence-corrected chi connectivity index (χ0v) is 15.8. The molecule has 6 heteroatoms. The standard InChI is InChI=1S/C20H28N4O2/c1-4-24(5-2)18-10-7-16(8-11-18)23-20(25)19-12-9-17(15-22-19)21-13-6-14-26-3/h7-12,15,21H,4-6,13-14H2,1-3H3,(H,23,25). The lowest BCUT2D eigenvalue weighted by Gasteiger charge is -2.21. The predicted octanol–water partition coefficient (Wildman–Crippen LogP) is 3.63. The van der Waals surface area contributed by atoms with Crippen LogP contribution in [0.3, 0.4) is 0 Å². The smallest absolute Gasteiger partial charge is 0.274 e. The van der Waals surface area contributed by atoms with Crippen molar-refractivity contribution < 1.29 is 9.53 Å². The SMILES string of the molecule is CCN(CC)c1ccc(NC(=O)c2ccc(NCCCOC)cn2)cc1. The Morgan fingerprint density at radius 1 is 1.08 bits per heavy atom. The molecule has 0 fully saturated rings. The van der Waals surface area contributed by atoms with Crippen LogP contribution in [0.2, 0.25) is 0 Å². The van der Waals surface area contributed by atoms with E-state index in [1.165, 1.54) is 0 Å². The average Bonchev–Trinajstić information content (AvgIpc) is 2.68. The Kier molecular flexibility index (Phi) is 7.89. The van der Waals surface area contributed by atoms with E-state index in [0.29, 0.717) is 12.3 Å². The minimum Gasteiger partial charge on any atom is -0.385 e. The molecule has 0 spiro atoms. The molecule has 0 atom stereocenters. The van der Waals surface area contributed by atoms with Gasteiger partial charge < -0.3 is 20.3 Å². The van der Waals surface area contributed by atoms with Crippen molar-refractivity contribution in [1.82, 2.24) is 4.98 Å². The van der Waals surface area contributed by atoms with Gasteiger partial charge in [0.1, 0.15) is 5.69 Å². The van der Waals surface area contributed by atoms with E-state index in [1.807, 2.05) is 30.3 Å². The van der Waals surface area contributed by atoms with Crippen LogP contribution >= 0.6 is 0 Å². The van der Waals surface area contributed by atoms with Crippen LogP contribution in [0.4, 0.5) is 17.1 Å². The molecule has 6 nitrogen and oxygen atoms in total. The monoisotopic (exact) mass is 356 g/mol. The first-order chi connectivity index (χ1) is 12.7. The van der Waals surface area contributed by atoms with Crippen molar-refractivity contribution in [2.75, 3.05) is 48.9 Å². The van der Waals surface area contributed by atoms with E-state index in [-0.39, 0.29) is 5.91 Å². The lowest BCUT2D eigenvalue weighted by atomic mass is 10.2. The number of pyridine rings is 1. The lowest BCUT2D eigenvalue weighted by molar-refractivity contribution is 0.102. The number of hydrogen-bond donors (Lipinski definition) is 2. The molecule has 0 aliphatic heterocycles. The average molecular weight is 356 g/mol. The number of rotatable bonds is 10. The number of aromatic nitrogens is 1. The van der Waals surface area contributed by atoms with Crippen LogP contribution in [-0.2, 0) is 4.74 Å². The van der Waals surface area contributed by atoms with Crippen LogP contribution in [0.5, 0.6) is 0 Å². The highest BCUT2D eigenvalue weighted by Crippen LogP contribution is 2.18. The Labute approximate surface area is 155 Å². The third kappa shape index (κ3) is 5.74. The van der Waals surface area contributed by atoms with Crippen molar-refractivity contribution in [2.24, 2.45) is 0 Å². The highest BCUT2D eigenvalue weighted by atomic mass is 16.5. The number of amides is 1. The van der Waals surface area contributed by atoms with E-state index in [1.54, 1.807) is 19.4 Å². The molecule has 1 amide bonds. The molecular formula is C20H28N4O2. The van der Waals surface area contributed by atoms with Gasteiger partial charge in [0.25, 0.3) is 5.91 Å². The van der Waals surface area contributed by atoms with E-state index in [4.69, 9.17) is 4.74 Å². The first-order valence-electron chi connectivity index (χ1n) is 9.03. The third-order valence-corrected chi connectivity index (χ3v) is 4.10. The van der Waals surface area contributed by atoms with E-state index < -0.39 is 0 Å². The minimum atomic E-state index is -0.216. The second kappa shape index (κ2) is 10.4. The predicted molar refractivity (Wildman–Crippen MR) is 107 cm³/mol. The zero-order valence-electron chi connectivity index (χ0n) is 15.8. The summed E-state index contributed by atoms with van der Waals surface area (Å²) in [6.45, 7) is 7.69. The van der Waals surface area contributed by atoms with Gasteiger partial charge in [-0.15, -0.1) is 0 Å². The number of benzene rings is 1. The van der Waals surface area contributed by atoms with Crippen LogP contribution in [-0.4, -0.2) is 44.2 Å². The first kappa shape index (κ1) is 19.7. The molecular weight excluding hydrogens is 328 g/mol. The van der Waals surface area contributed by atoms with Gasteiger partial charge in [0.15, 0.2) is 0 Å². The summed E-state index contributed by atoms with van der Waals surface area (Å²) >= 11 is 0. The summed E-state index contributed by atoms with van der Waals surface area (Å²) < 4.78 is 5.01. The van der Waals surface area contributed by atoms with Crippen LogP contribution in [0.1, 0.15) is 30.8 Å². The summed E-state index contributed by atoms with van der Waals surface area (Å²) in [6, 6.07) is 11.4. The van der Waals surface area contributed by atoms with Crippen molar-refractivity contribution >= 4 is 23.0 Å². The van der Waals surface area contributed by atoms with Gasteiger partial charge in [0.2, 0.25) is 0 Å². The molecule has 26 heavy (non-hydrogen) atoms. The molecule has 0 aliphatic rings. The van der Waals surface area contributed by atoms with E-state index >= 15 is 0 Å². The van der Waals surface area contributed by atoms with Crippen molar-refractivity contribution in [3.8, 4) is 0 Å². The highest BCUT2D eigenvalue weighted by Gasteiger charge is 2.08. The summed E-state index contributed by atoms with van der Waals surface area (Å²) in [4.78, 5) is 18.8. The molecule has 0 unspecified atom stereocenters. The number of carbonyl (C=O) groups is 1. The quantitative estimate of drug-likeness (QED) is 0.637. The Bertz CT molecular complexity index is 667. The molecule has 2 N–H and O–H groups in total. The molecule has 1 aromatic carbocycles. The molecule has 0 aliphatic carbocycles. The summed E-state index contributed by atoms with van der Waals surface area (Å²) in [5, 5.41) is 6.13. The maximum absolute atomic E-state index is 12.3. The van der Waals surface area contributed by atoms with Gasteiger partial charge in [0, 0.05) is 44.7 Å². The zero-order chi connectivity index (χ0) is 18.8. The van der Waals surface area contributed by atoms with Crippen LogP contribution < -0.4 is 15.5 Å². The molecule has 0 saturated carbocycles. The minimum absolute atomic E-state index is 0.216. The van der Waals surface area contributed by atoms with Gasteiger partial charge in [-0.1, -0.05) is 0 Å². The second-order valence-corrected chi connectivity index (χ2v) is 5.88. The summed E-state index contributed by atoms with van der Waals surface area (Å²) in [6.07, 6.45) is 2.59. The third-order valence-electron chi connectivity index (χ3n) is 4.10.